The summed E-state index contributed by atoms with van der Waals surface area (Å²) in [5, 5.41) is 2.46. The Morgan fingerprint density at radius 3 is 2.81 bits per heavy atom. The van der Waals surface area contributed by atoms with Crippen molar-refractivity contribution >= 4 is 10.8 Å². The van der Waals surface area contributed by atoms with E-state index in [0.29, 0.717) is 0 Å². The van der Waals surface area contributed by atoms with Crippen LogP contribution < -0.4 is 0 Å². The minimum Gasteiger partial charge on any atom is -0.293 e. The van der Waals surface area contributed by atoms with Crippen LogP contribution in [0.3, 0.4) is 0 Å². The molecule has 0 saturated heterocycles. The largest absolute Gasteiger partial charge is 0.293 e. The maximum absolute atomic E-state index is 4.83. The van der Waals surface area contributed by atoms with Gasteiger partial charge in [-0.15, -0.1) is 0 Å². The molecule has 1 aromatic carbocycles. The predicted octanol–water partition coefficient (Wildman–Crippen LogP) is 3.65. The molecule has 0 unspecified atom stereocenters. The van der Waals surface area contributed by atoms with Crippen LogP contribution in [-0.4, -0.2) is 31.4 Å². The molecule has 4 heterocycles. The van der Waals surface area contributed by atoms with Crippen molar-refractivity contribution in [1.82, 2.24) is 24.8 Å². The molecular weight excluding hydrogens is 334 g/mol. The second-order valence-electron chi connectivity index (χ2n) is 6.88. The molecule has 3 aromatic heterocycles. The van der Waals surface area contributed by atoms with Crippen LogP contribution in [-0.2, 0) is 19.5 Å². The van der Waals surface area contributed by atoms with Crippen LogP contribution in [0.1, 0.15) is 16.8 Å². The predicted molar refractivity (Wildman–Crippen MR) is 105 cm³/mol. The molecule has 0 saturated carbocycles. The maximum atomic E-state index is 4.83. The highest BCUT2D eigenvalue weighted by molar-refractivity contribution is 5.84. The van der Waals surface area contributed by atoms with Crippen molar-refractivity contribution in [2.24, 2.45) is 0 Å². The summed E-state index contributed by atoms with van der Waals surface area (Å²) in [6.07, 6.45) is 10.3. The summed E-state index contributed by atoms with van der Waals surface area (Å²) in [7, 11) is 0. The van der Waals surface area contributed by atoms with Crippen molar-refractivity contribution < 1.29 is 0 Å². The molecule has 4 aromatic rings. The number of aromatic nitrogens is 4. The van der Waals surface area contributed by atoms with Crippen molar-refractivity contribution in [3.8, 4) is 11.4 Å². The number of fused-ring (bicyclic) bond motifs is 2. The smallest absolute Gasteiger partial charge is 0.160 e. The fourth-order valence-electron chi connectivity index (χ4n) is 3.69. The zero-order valence-corrected chi connectivity index (χ0v) is 14.9. The minimum atomic E-state index is 0.750. The van der Waals surface area contributed by atoms with E-state index < -0.39 is 0 Å². The highest BCUT2D eigenvalue weighted by atomic mass is 15.1. The van der Waals surface area contributed by atoms with Gasteiger partial charge >= 0.3 is 0 Å². The summed E-state index contributed by atoms with van der Waals surface area (Å²) in [6, 6.07) is 12.5. The van der Waals surface area contributed by atoms with Gasteiger partial charge in [0.2, 0.25) is 0 Å². The second-order valence-corrected chi connectivity index (χ2v) is 6.88. The lowest BCUT2D eigenvalue weighted by Gasteiger charge is -2.28. The summed E-state index contributed by atoms with van der Waals surface area (Å²) in [5.41, 5.74) is 4.66. The SMILES string of the molecule is c1cncc(-c2ncc3c(n2)CN(Cc2cccc4cnccc24)CC3)c1. The van der Waals surface area contributed by atoms with Gasteiger partial charge in [-0.1, -0.05) is 18.2 Å². The van der Waals surface area contributed by atoms with Gasteiger partial charge in [0.05, 0.1) is 5.69 Å². The molecule has 5 nitrogen and oxygen atoms in total. The Kier molecular flexibility index (Phi) is 4.07. The van der Waals surface area contributed by atoms with Gasteiger partial charge in [0.15, 0.2) is 5.82 Å². The van der Waals surface area contributed by atoms with E-state index in [-0.39, 0.29) is 0 Å². The zero-order valence-electron chi connectivity index (χ0n) is 14.9. The third-order valence-corrected chi connectivity index (χ3v) is 5.11. The highest BCUT2D eigenvalue weighted by Crippen LogP contribution is 2.24. The van der Waals surface area contributed by atoms with Crippen molar-refractivity contribution in [3.63, 3.8) is 0 Å². The maximum Gasteiger partial charge on any atom is 0.160 e. The van der Waals surface area contributed by atoms with Gasteiger partial charge in [0, 0.05) is 61.6 Å². The molecule has 0 radical (unpaired) electrons. The Morgan fingerprint density at radius 1 is 0.926 bits per heavy atom. The van der Waals surface area contributed by atoms with E-state index in [4.69, 9.17) is 4.98 Å². The lowest BCUT2D eigenvalue weighted by molar-refractivity contribution is 0.242. The van der Waals surface area contributed by atoms with Gasteiger partial charge in [-0.3, -0.25) is 14.9 Å². The van der Waals surface area contributed by atoms with Crippen molar-refractivity contribution in [2.75, 3.05) is 6.54 Å². The van der Waals surface area contributed by atoms with Crippen LogP contribution in [0.15, 0.2) is 67.4 Å². The van der Waals surface area contributed by atoms with Gasteiger partial charge in [-0.25, -0.2) is 9.97 Å². The topological polar surface area (TPSA) is 54.8 Å². The van der Waals surface area contributed by atoms with E-state index in [0.717, 1.165) is 43.1 Å². The first-order valence-electron chi connectivity index (χ1n) is 9.16. The average Bonchev–Trinajstić information content (AvgIpc) is 2.74. The van der Waals surface area contributed by atoms with Gasteiger partial charge in [0.1, 0.15) is 0 Å². The van der Waals surface area contributed by atoms with Crippen LogP contribution in [0.4, 0.5) is 0 Å². The molecular formula is C22H19N5. The number of benzene rings is 1. The molecule has 0 aliphatic carbocycles. The van der Waals surface area contributed by atoms with Crippen molar-refractivity contribution in [3.05, 3.63) is 84.2 Å². The number of pyridine rings is 2. The van der Waals surface area contributed by atoms with E-state index in [1.54, 1.807) is 6.20 Å². The Bertz CT molecular complexity index is 1090. The number of hydrogen-bond acceptors (Lipinski definition) is 5. The molecule has 5 rings (SSSR count). The lowest BCUT2D eigenvalue weighted by atomic mass is 10.0. The average molecular weight is 353 g/mol. The molecule has 0 N–H and O–H groups in total. The third-order valence-electron chi connectivity index (χ3n) is 5.11. The summed E-state index contributed by atoms with van der Waals surface area (Å²) < 4.78 is 0. The van der Waals surface area contributed by atoms with E-state index in [2.05, 4.69) is 44.1 Å². The fourth-order valence-corrected chi connectivity index (χ4v) is 3.69. The molecule has 5 heteroatoms. The van der Waals surface area contributed by atoms with E-state index >= 15 is 0 Å². The Labute approximate surface area is 157 Å². The van der Waals surface area contributed by atoms with Crippen LogP contribution >= 0.6 is 0 Å². The molecule has 0 amide bonds. The first kappa shape index (κ1) is 16.0. The molecule has 0 bridgehead atoms. The molecule has 1 aliphatic heterocycles. The minimum absolute atomic E-state index is 0.750. The molecule has 27 heavy (non-hydrogen) atoms. The first-order valence-corrected chi connectivity index (χ1v) is 9.16. The lowest BCUT2D eigenvalue weighted by Crippen LogP contribution is -2.31. The molecule has 0 spiro atoms. The van der Waals surface area contributed by atoms with Crippen LogP contribution in [0.5, 0.6) is 0 Å². The number of hydrogen-bond donors (Lipinski definition) is 0. The third kappa shape index (κ3) is 3.17. The van der Waals surface area contributed by atoms with Crippen LogP contribution in [0.25, 0.3) is 22.2 Å². The summed E-state index contributed by atoms with van der Waals surface area (Å²) in [5.74, 6) is 0.750. The van der Waals surface area contributed by atoms with E-state index in [9.17, 15) is 0 Å². The van der Waals surface area contributed by atoms with Crippen molar-refractivity contribution in [1.29, 1.82) is 0 Å². The summed E-state index contributed by atoms with van der Waals surface area (Å²) in [6.45, 7) is 2.77. The molecule has 132 valence electrons. The Morgan fingerprint density at radius 2 is 1.89 bits per heavy atom. The molecule has 1 aliphatic rings. The fraction of sp³-hybridized carbons (Fsp3) is 0.182. The normalized spacial score (nSPS) is 14.2. The number of rotatable bonds is 3. The van der Waals surface area contributed by atoms with E-state index in [1.165, 1.54) is 21.9 Å². The molecule has 0 fully saturated rings. The standard InChI is InChI=1S/C22H19N5/c1-3-16-11-24-9-6-20(16)19(4-1)14-27-10-7-17-13-25-22(26-21(17)15-27)18-5-2-8-23-12-18/h1-6,8-9,11-13H,7,10,14-15H2. The van der Waals surface area contributed by atoms with Crippen LogP contribution in [0.2, 0.25) is 0 Å². The van der Waals surface area contributed by atoms with Gasteiger partial charge in [-0.05, 0) is 41.1 Å². The van der Waals surface area contributed by atoms with E-state index in [1.807, 2.05) is 36.9 Å². The second kappa shape index (κ2) is 6.85. The summed E-state index contributed by atoms with van der Waals surface area (Å²) >= 11 is 0. The molecule has 0 atom stereocenters. The Hall–Kier alpha value is -3.18. The first-order chi connectivity index (χ1) is 13.4. The number of nitrogens with zero attached hydrogens (tertiary/aromatic N) is 5. The monoisotopic (exact) mass is 353 g/mol. The van der Waals surface area contributed by atoms with Crippen molar-refractivity contribution in [2.45, 2.75) is 19.5 Å². The zero-order chi connectivity index (χ0) is 18.1. The quantitative estimate of drug-likeness (QED) is 0.563. The van der Waals surface area contributed by atoms with Gasteiger partial charge in [0.25, 0.3) is 0 Å². The van der Waals surface area contributed by atoms with Gasteiger partial charge in [-0.2, -0.15) is 0 Å². The van der Waals surface area contributed by atoms with Crippen LogP contribution in [0, 0.1) is 0 Å². The van der Waals surface area contributed by atoms with Gasteiger partial charge < -0.3 is 0 Å². The Balaban J connectivity index is 1.42. The summed E-state index contributed by atoms with van der Waals surface area (Å²) in [4.78, 5) is 20.2. The highest BCUT2D eigenvalue weighted by Gasteiger charge is 2.19.